The van der Waals surface area contributed by atoms with E-state index in [1.165, 1.54) is 5.69 Å². The number of methoxy groups -OCH3 is 1. The van der Waals surface area contributed by atoms with Crippen molar-refractivity contribution in [3.63, 3.8) is 0 Å². The molecule has 7 nitrogen and oxygen atoms in total. The molecule has 1 N–H and O–H groups in total. The Morgan fingerprint density at radius 3 is 2.52 bits per heavy atom. The van der Waals surface area contributed by atoms with Gasteiger partial charge in [-0.15, -0.1) is 0 Å². The molecule has 0 bridgehead atoms. The zero-order chi connectivity index (χ0) is 21.2. The second-order valence-electron chi connectivity index (χ2n) is 8.37. The Kier molecular flexibility index (Phi) is 5.59. The normalized spacial score (nSPS) is 19.2. The molecule has 31 heavy (non-hydrogen) atoms. The first-order valence-electron chi connectivity index (χ1n) is 11.0. The number of benzene rings is 2. The van der Waals surface area contributed by atoms with Gasteiger partial charge in [0.2, 0.25) is 12.7 Å². The van der Waals surface area contributed by atoms with Crippen LogP contribution in [0.1, 0.15) is 24.4 Å². The van der Waals surface area contributed by atoms with Crippen LogP contribution < -0.4 is 24.4 Å². The van der Waals surface area contributed by atoms with Gasteiger partial charge in [0.25, 0.3) is 0 Å². The number of fused-ring (bicyclic) bond motifs is 1. The Balaban J connectivity index is 1.28. The minimum atomic E-state index is 0.107. The molecule has 0 spiro atoms. The van der Waals surface area contributed by atoms with E-state index in [1.807, 2.05) is 18.2 Å². The fraction of sp³-hybridized carbons (Fsp3) is 0.458. The summed E-state index contributed by atoms with van der Waals surface area (Å²) in [5.74, 6) is 2.84. The number of carbonyl (C=O) groups is 1. The summed E-state index contributed by atoms with van der Waals surface area (Å²) in [6, 6.07) is 14.5. The first kappa shape index (κ1) is 20.0. The topological polar surface area (TPSA) is 63.3 Å². The van der Waals surface area contributed by atoms with E-state index in [0.717, 1.165) is 61.8 Å². The molecule has 1 amide bonds. The summed E-state index contributed by atoms with van der Waals surface area (Å²) in [4.78, 5) is 17.2. The highest BCUT2D eigenvalue weighted by Crippen LogP contribution is 2.36. The van der Waals surface area contributed by atoms with E-state index in [0.29, 0.717) is 6.54 Å². The first-order valence-corrected chi connectivity index (χ1v) is 11.0. The summed E-state index contributed by atoms with van der Waals surface area (Å²) in [7, 11) is 1.69. The van der Waals surface area contributed by atoms with Crippen LogP contribution in [0, 0.1) is 5.92 Å². The van der Waals surface area contributed by atoms with Gasteiger partial charge in [0.05, 0.1) is 13.2 Å². The van der Waals surface area contributed by atoms with Crippen LogP contribution in [-0.4, -0.2) is 57.4 Å². The molecular formula is C24H29N3O4. The van der Waals surface area contributed by atoms with Gasteiger partial charge in [0.15, 0.2) is 11.5 Å². The van der Waals surface area contributed by atoms with Gasteiger partial charge in [0, 0.05) is 44.3 Å². The summed E-state index contributed by atoms with van der Waals surface area (Å²) in [6.07, 6.45) is 2.03. The van der Waals surface area contributed by atoms with Crippen molar-refractivity contribution in [2.45, 2.75) is 18.9 Å². The summed E-state index contributed by atoms with van der Waals surface area (Å²) in [6.45, 7) is 4.59. The maximum Gasteiger partial charge on any atom is 0.231 e. The average molecular weight is 424 g/mol. The van der Waals surface area contributed by atoms with Crippen molar-refractivity contribution < 1.29 is 19.0 Å². The third-order valence-corrected chi connectivity index (χ3v) is 6.39. The number of nitrogens with zero attached hydrogens (tertiary/aromatic N) is 2. The quantitative estimate of drug-likeness (QED) is 0.739. The third-order valence-electron chi connectivity index (χ3n) is 6.39. The molecule has 1 saturated heterocycles. The van der Waals surface area contributed by atoms with Crippen LogP contribution in [-0.2, 0) is 4.79 Å². The Morgan fingerprint density at radius 2 is 1.81 bits per heavy atom. The Morgan fingerprint density at radius 1 is 1.06 bits per heavy atom. The molecule has 0 radical (unpaired) electrons. The van der Waals surface area contributed by atoms with E-state index >= 15 is 0 Å². The van der Waals surface area contributed by atoms with E-state index in [-0.39, 0.29) is 24.7 Å². The van der Waals surface area contributed by atoms with E-state index in [4.69, 9.17) is 14.2 Å². The zero-order valence-corrected chi connectivity index (χ0v) is 17.9. The van der Waals surface area contributed by atoms with Crippen molar-refractivity contribution in [1.29, 1.82) is 0 Å². The fourth-order valence-electron chi connectivity index (χ4n) is 4.35. The zero-order valence-electron chi connectivity index (χ0n) is 17.9. The summed E-state index contributed by atoms with van der Waals surface area (Å²) in [5.41, 5.74) is 2.36. The molecule has 164 valence electrons. The van der Waals surface area contributed by atoms with Gasteiger partial charge in [-0.25, -0.2) is 0 Å². The number of hydrogen-bond donors (Lipinski definition) is 1. The minimum absolute atomic E-state index is 0.107. The monoisotopic (exact) mass is 423 g/mol. The number of carbonyl (C=O) groups excluding carboxylic acids is 1. The lowest BCUT2D eigenvalue weighted by Gasteiger charge is -2.40. The fourth-order valence-corrected chi connectivity index (χ4v) is 4.35. The standard InChI is InChI=1S/C24H29N3O4/c1-29-20-7-5-19(6-8-20)26-10-12-27(13-11-26)21(15-25-24(28)17-2-3-17)18-4-9-22-23(14-18)31-16-30-22/h4-9,14,17,21H,2-3,10-13,15-16H2,1H3,(H,25,28). The van der Waals surface area contributed by atoms with Gasteiger partial charge in [-0.05, 0) is 54.8 Å². The van der Waals surface area contributed by atoms with Gasteiger partial charge in [-0.3, -0.25) is 9.69 Å². The predicted molar refractivity (Wildman–Crippen MR) is 118 cm³/mol. The van der Waals surface area contributed by atoms with E-state index < -0.39 is 0 Å². The van der Waals surface area contributed by atoms with Crippen LogP contribution >= 0.6 is 0 Å². The molecule has 1 atom stereocenters. The number of amides is 1. The molecule has 5 rings (SSSR count). The summed E-state index contributed by atoms with van der Waals surface area (Å²) in [5, 5.41) is 3.18. The maximum atomic E-state index is 12.3. The van der Waals surface area contributed by atoms with Crippen LogP contribution in [0.5, 0.6) is 17.2 Å². The highest BCUT2D eigenvalue weighted by molar-refractivity contribution is 5.80. The smallest absolute Gasteiger partial charge is 0.231 e. The number of hydrogen-bond acceptors (Lipinski definition) is 6. The van der Waals surface area contributed by atoms with E-state index in [9.17, 15) is 4.79 Å². The van der Waals surface area contributed by atoms with Crippen molar-refractivity contribution in [1.82, 2.24) is 10.2 Å². The molecule has 2 aliphatic heterocycles. The Hall–Kier alpha value is -2.93. The minimum Gasteiger partial charge on any atom is -0.497 e. The molecule has 1 saturated carbocycles. The number of rotatable bonds is 7. The van der Waals surface area contributed by atoms with Crippen molar-refractivity contribution in [3.05, 3.63) is 48.0 Å². The van der Waals surface area contributed by atoms with E-state index in [1.54, 1.807) is 7.11 Å². The lowest BCUT2D eigenvalue weighted by molar-refractivity contribution is -0.122. The molecule has 0 aromatic heterocycles. The lowest BCUT2D eigenvalue weighted by atomic mass is 10.0. The van der Waals surface area contributed by atoms with Gasteiger partial charge in [-0.1, -0.05) is 6.07 Å². The number of ether oxygens (including phenoxy) is 3. The summed E-state index contributed by atoms with van der Waals surface area (Å²) < 4.78 is 16.3. The molecule has 2 fully saturated rings. The van der Waals surface area contributed by atoms with Gasteiger partial charge >= 0.3 is 0 Å². The van der Waals surface area contributed by atoms with Crippen LogP contribution in [0.2, 0.25) is 0 Å². The molecule has 2 aromatic rings. The maximum absolute atomic E-state index is 12.3. The van der Waals surface area contributed by atoms with Crippen molar-refractivity contribution in [3.8, 4) is 17.2 Å². The summed E-state index contributed by atoms with van der Waals surface area (Å²) >= 11 is 0. The largest absolute Gasteiger partial charge is 0.497 e. The van der Waals surface area contributed by atoms with Crippen molar-refractivity contribution in [2.24, 2.45) is 5.92 Å². The molecule has 3 aliphatic rings. The highest BCUT2D eigenvalue weighted by Gasteiger charge is 2.32. The third kappa shape index (κ3) is 4.42. The highest BCUT2D eigenvalue weighted by atomic mass is 16.7. The Labute approximate surface area is 182 Å². The van der Waals surface area contributed by atoms with Crippen LogP contribution in [0.15, 0.2) is 42.5 Å². The molecule has 1 aliphatic carbocycles. The van der Waals surface area contributed by atoms with Gasteiger partial charge in [-0.2, -0.15) is 0 Å². The van der Waals surface area contributed by atoms with Crippen LogP contribution in [0.25, 0.3) is 0 Å². The second kappa shape index (κ2) is 8.67. The second-order valence-corrected chi connectivity index (χ2v) is 8.37. The SMILES string of the molecule is COc1ccc(N2CCN(C(CNC(=O)C3CC3)c3ccc4c(c3)OCO4)CC2)cc1. The molecule has 7 heteroatoms. The molecule has 2 aromatic carbocycles. The molecular weight excluding hydrogens is 394 g/mol. The predicted octanol–water partition coefficient (Wildman–Crippen LogP) is 2.81. The number of piperazine rings is 1. The van der Waals surface area contributed by atoms with Gasteiger partial charge < -0.3 is 24.4 Å². The van der Waals surface area contributed by atoms with Crippen LogP contribution in [0.4, 0.5) is 5.69 Å². The number of nitrogens with one attached hydrogen (secondary N) is 1. The lowest BCUT2D eigenvalue weighted by Crippen LogP contribution is -2.50. The van der Waals surface area contributed by atoms with Crippen LogP contribution in [0.3, 0.4) is 0 Å². The van der Waals surface area contributed by atoms with E-state index in [2.05, 4.69) is 39.4 Å². The van der Waals surface area contributed by atoms with Gasteiger partial charge in [0.1, 0.15) is 5.75 Å². The average Bonchev–Trinajstić information content (AvgIpc) is 3.57. The first-order chi connectivity index (χ1) is 15.2. The van der Waals surface area contributed by atoms with Crippen molar-refractivity contribution >= 4 is 11.6 Å². The molecule has 1 unspecified atom stereocenters. The van der Waals surface area contributed by atoms with Crippen molar-refractivity contribution in [2.75, 3.05) is 51.5 Å². The molecule has 2 heterocycles. The Bertz CT molecular complexity index is 921. The number of anilines is 1.